The highest BCUT2D eigenvalue weighted by Crippen LogP contribution is 2.23. The third kappa shape index (κ3) is 6.96. The minimum Gasteiger partial charge on any atom is -0.494 e. The minimum atomic E-state index is -0.155. The average molecular weight is 404 g/mol. The highest BCUT2D eigenvalue weighted by molar-refractivity contribution is 6.04. The molecule has 4 heteroatoms. The van der Waals surface area contributed by atoms with Gasteiger partial charge < -0.3 is 14.8 Å². The van der Waals surface area contributed by atoms with E-state index in [1.54, 1.807) is 12.1 Å². The van der Waals surface area contributed by atoms with Crippen molar-refractivity contribution in [2.24, 2.45) is 0 Å². The minimum absolute atomic E-state index is 0.155. The Kier molecular flexibility index (Phi) is 8.34. The van der Waals surface area contributed by atoms with Gasteiger partial charge in [0.25, 0.3) is 5.91 Å². The van der Waals surface area contributed by atoms with Crippen molar-refractivity contribution >= 4 is 11.6 Å². The SMILES string of the molecule is CCCCCCCOc1ccc(C(=O)Nc2ccc(Oc3ccccc3)cc2)cc1. The summed E-state index contributed by atoms with van der Waals surface area (Å²) >= 11 is 0. The smallest absolute Gasteiger partial charge is 0.255 e. The lowest BCUT2D eigenvalue weighted by atomic mass is 10.1. The lowest BCUT2D eigenvalue weighted by molar-refractivity contribution is 0.102. The third-order valence-corrected chi connectivity index (χ3v) is 4.72. The fourth-order valence-electron chi connectivity index (χ4n) is 3.03. The van der Waals surface area contributed by atoms with Crippen molar-refractivity contribution in [2.75, 3.05) is 11.9 Å². The molecule has 4 nitrogen and oxygen atoms in total. The molecule has 3 aromatic carbocycles. The van der Waals surface area contributed by atoms with Crippen LogP contribution < -0.4 is 14.8 Å². The van der Waals surface area contributed by atoms with Gasteiger partial charge in [-0.3, -0.25) is 4.79 Å². The maximum Gasteiger partial charge on any atom is 0.255 e. The van der Waals surface area contributed by atoms with Crippen LogP contribution in [-0.4, -0.2) is 12.5 Å². The molecule has 1 N–H and O–H groups in total. The Balaban J connectivity index is 1.46. The van der Waals surface area contributed by atoms with Crippen molar-refractivity contribution in [2.45, 2.75) is 39.0 Å². The first kappa shape index (κ1) is 21.4. The third-order valence-electron chi connectivity index (χ3n) is 4.72. The van der Waals surface area contributed by atoms with E-state index >= 15 is 0 Å². The van der Waals surface area contributed by atoms with E-state index in [-0.39, 0.29) is 5.91 Å². The maximum atomic E-state index is 12.5. The molecule has 0 aliphatic rings. The van der Waals surface area contributed by atoms with Gasteiger partial charge >= 0.3 is 0 Å². The van der Waals surface area contributed by atoms with Crippen LogP contribution in [0.2, 0.25) is 0 Å². The van der Waals surface area contributed by atoms with Crippen molar-refractivity contribution in [3.63, 3.8) is 0 Å². The molecule has 30 heavy (non-hydrogen) atoms. The van der Waals surface area contributed by atoms with E-state index in [0.29, 0.717) is 17.9 Å². The van der Waals surface area contributed by atoms with Gasteiger partial charge in [0, 0.05) is 11.3 Å². The van der Waals surface area contributed by atoms with E-state index in [2.05, 4.69) is 12.2 Å². The molecule has 0 unspecified atom stereocenters. The molecule has 0 saturated carbocycles. The second-order valence-corrected chi connectivity index (χ2v) is 7.18. The summed E-state index contributed by atoms with van der Waals surface area (Å²) in [5, 5.41) is 2.91. The number of carbonyl (C=O) groups excluding carboxylic acids is 1. The lowest BCUT2D eigenvalue weighted by Gasteiger charge is -2.09. The molecule has 0 atom stereocenters. The van der Waals surface area contributed by atoms with E-state index in [4.69, 9.17) is 9.47 Å². The van der Waals surface area contributed by atoms with Gasteiger partial charge in [-0.1, -0.05) is 50.8 Å². The van der Waals surface area contributed by atoms with E-state index in [0.717, 1.165) is 23.7 Å². The first-order chi connectivity index (χ1) is 14.7. The second-order valence-electron chi connectivity index (χ2n) is 7.18. The number of anilines is 1. The Morgan fingerprint density at radius 2 is 1.37 bits per heavy atom. The van der Waals surface area contributed by atoms with Crippen LogP contribution >= 0.6 is 0 Å². The fourth-order valence-corrected chi connectivity index (χ4v) is 3.03. The Bertz CT molecular complexity index is 890. The molecule has 0 bridgehead atoms. The highest BCUT2D eigenvalue weighted by Gasteiger charge is 2.07. The van der Waals surface area contributed by atoms with E-state index in [9.17, 15) is 4.79 Å². The zero-order valence-corrected chi connectivity index (χ0v) is 17.5. The zero-order chi connectivity index (χ0) is 21.0. The van der Waals surface area contributed by atoms with Crippen molar-refractivity contribution in [1.82, 2.24) is 0 Å². The molecule has 0 heterocycles. The predicted octanol–water partition coefficient (Wildman–Crippen LogP) is 7.08. The summed E-state index contributed by atoms with van der Waals surface area (Å²) in [5.41, 5.74) is 1.31. The first-order valence-electron chi connectivity index (χ1n) is 10.6. The summed E-state index contributed by atoms with van der Waals surface area (Å²) in [6, 6.07) is 24.2. The summed E-state index contributed by atoms with van der Waals surface area (Å²) in [6.45, 7) is 2.93. The van der Waals surface area contributed by atoms with Crippen LogP contribution in [0.15, 0.2) is 78.9 Å². The van der Waals surface area contributed by atoms with Crippen LogP contribution in [0, 0.1) is 0 Å². The molecular formula is C26H29NO3. The quantitative estimate of drug-likeness (QED) is 0.348. The predicted molar refractivity (Wildman–Crippen MR) is 122 cm³/mol. The van der Waals surface area contributed by atoms with Crippen LogP contribution in [0.5, 0.6) is 17.2 Å². The van der Waals surface area contributed by atoms with Gasteiger partial charge in [-0.15, -0.1) is 0 Å². The number of amides is 1. The lowest BCUT2D eigenvalue weighted by Crippen LogP contribution is -2.11. The molecule has 0 saturated heterocycles. The summed E-state index contributed by atoms with van der Waals surface area (Å²) in [4.78, 5) is 12.5. The van der Waals surface area contributed by atoms with Gasteiger partial charge in [-0.05, 0) is 67.1 Å². The van der Waals surface area contributed by atoms with Crippen molar-refractivity contribution in [3.05, 3.63) is 84.4 Å². The van der Waals surface area contributed by atoms with E-state index < -0.39 is 0 Å². The molecule has 0 radical (unpaired) electrons. The van der Waals surface area contributed by atoms with Gasteiger partial charge in [0.2, 0.25) is 0 Å². The summed E-state index contributed by atoms with van der Waals surface area (Å²) in [5.74, 6) is 2.13. The number of nitrogens with one attached hydrogen (secondary N) is 1. The molecule has 0 aliphatic heterocycles. The van der Waals surface area contributed by atoms with Crippen LogP contribution in [0.1, 0.15) is 49.4 Å². The highest BCUT2D eigenvalue weighted by atomic mass is 16.5. The van der Waals surface area contributed by atoms with Gasteiger partial charge in [0.05, 0.1) is 6.61 Å². The van der Waals surface area contributed by atoms with E-state index in [1.807, 2.05) is 66.7 Å². The van der Waals surface area contributed by atoms with Crippen molar-refractivity contribution in [3.8, 4) is 17.2 Å². The number of unbranched alkanes of at least 4 members (excludes halogenated alkanes) is 4. The van der Waals surface area contributed by atoms with Crippen LogP contribution in [-0.2, 0) is 0 Å². The zero-order valence-electron chi connectivity index (χ0n) is 17.5. The average Bonchev–Trinajstić information content (AvgIpc) is 2.78. The summed E-state index contributed by atoms with van der Waals surface area (Å²) in [7, 11) is 0. The number of rotatable bonds is 11. The fraction of sp³-hybridized carbons (Fsp3) is 0.269. The molecule has 3 aromatic rings. The number of carbonyl (C=O) groups is 1. The number of benzene rings is 3. The Morgan fingerprint density at radius 3 is 2.07 bits per heavy atom. The molecule has 1 amide bonds. The number of para-hydroxylation sites is 1. The van der Waals surface area contributed by atoms with Crippen LogP contribution in [0.3, 0.4) is 0 Å². The normalized spacial score (nSPS) is 10.4. The van der Waals surface area contributed by atoms with Gasteiger partial charge in [0.1, 0.15) is 17.2 Å². The Hall–Kier alpha value is -3.27. The van der Waals surface area contributed by atoms with Gasteiger partial charge in [-0.25, -0.2) is 0 Å². The molecule has 0 aliphatic carbocycles. The monoisotopic (exact) mass is 403 g/mol. The number of hydrogen-bond donors (Lipinski definition) is 1. The summed E-state index contributed by atoms with van der Waals surface area (Å²) < 4.78 is 11.5. The molecule has 0 spiro atoms. The topological polar surface area (TPSA) is 47.6 Å². The maximum absolute atomic E-state index is 12.5. The first-order valence-corrected chi connectivity index (χ1v) is 10.6. The van der Waals surface area contributed by atoms with Crippen LogP contribution in [0.25, 0.3) is 0 Å². The Labute approximate surface area is 178 Å². The number of ether oxygens (including phenoxy) is 2. The van der Waals surface area contributed by atoms with Gasteiger partial charge in [0.15, 0.2) is 0 Å². The van der Waals surface area contributed by atoms with Crippen molar-refractivity contribution < 1.29 is 14.3 Å². The second kappa shape index (κ2) is 11.7. The van der Waals surface area contributed by atoms with Gasteiger partial charge in [-0.2, -0.15) is 0 Å². The van der Waals surface area contributed by atoms with Crippen LogP contribution in [0.4, 0.5) is 5.69 Å². The molecule has 0 fully saturated rings. The summed E-state index contributed by atoms with van der Waals surface area (Å²) in [6.07, 6.45) is 6.05. The largest absolute Gasteiger partial charge is 0.494 e. The number of hydrogen-bond acceptors (Lipinski definition) is 3. The van der Waals surface area contributed by atoms with Crippen molar-refractivity contribution in [1.29, 1.82) is 0 Å². The molecule has 156 valence electrons. The Morgan fingerprint density at radius 1 is 0.733 bits per heavy atom. The standard InChI is InChI=1S/C26H29NO3/c1-2-3-4-5-9-20-29-23-16-12-21(13-17-23)26(28)27-22-14-18-25(19-15-22)30-24-10-7-6-8-11-24/h6-8,10-19H,2-5,9,20H2,1H3,(H,27,28). The van der Waals surface area contributed by atoms with E-state index in [1.165, 1.54) is 25.7 Å². The molecule has 3 rings (SSSR count). The molecular weight excluding hydrogens is 374 g/mol. The molecule has 0 aromatic heterocycles.